The minimum absolute atomic E-state index is 0.295. The Bertz CT molecular complexity index is 782. The van der Waals surface area contributed by atoms with E-state index in [0.717, 1.165) is 22.8 Å². The zero-order chi connectivity index (χ0) is 16.1. The Morgan fingerprint density at radius 2 is 2.09 bits per heavy atom. The second-order valence-electron chi connectivity index (χ2n) is 4.90. The van der Waals surface area contributed by atoms with Crippen LogP contribution in [0.2, 0.25) is 0 Å². The highest BCUT2D eigenvalue weighted by atomic mass is 32.1. The lowest BCUT2D eigenvalue weighted by molar-refractivity contribution is 0.252. The number of carbonyl (C=O) groups excluding carboxylic acids is 1. The first-order chi connectivity index (χ1) is 11.2. The molecule has 0 radical (unpaired) electrons. The molecule has 0 spiro atoms. The third-order valence-corrected chi connectivity index (χ3v) is 3.74. The zero-order valence-electron chi connectivity index (χ0n) is 12.6. The van der Waals surface area contributed by atoms with Crippen LogP contribution in [0.5, 0.6) is 0 Å². The molecule has 2 aromatic heterocycles. The molecule has 0 saturated carbocycles. The number of hydrogen-bond donors (Lipinski definition) is 2. The van der Waals surface area contributed by atoms with E-state index in [1.807, 2.05) is 49.6 Å². The van der Waals surface area contributed by atoms with Gasteiger partial charge in [0.15, 0.2) is 5.82 Å². The van der Waals surface area contributed by atoms with Crippen molar-refractivity contribution in [1.82, 2.24) is 24.5 Å². The van der Waals surface area contributed by atoms with Gasteiger partial charge in [-0.1, -0.05) is 30.3 Å². The molecule has 0 bridgehead atoms. The average Bonchev–Trinajstić information content (AvgIpc) is 3.17. The standard InChI is InChI=1S/C15H16N6OS/c1-21-10-8-12(19-21)7-9-16-14(22)18-15-17-13(20-23-15)11-5-3-2-4-6-11/h2-6,8,10H,7,9H2,1H3,(H2,16,17,18,20,22). The maximum absolute atomic E-state index is 11.8. The summed E-state index contributed by atoms with van der Waals surface area (Å²) in [4.78, 5) is 16.2. The van der Waals surface area contributed by atoms with Gasteiger partial charge in [0.1, 0.15) is 0 Å². The van der Waals surface area contributed by atoms with Crippen molar-refractivity contribution in [3.63, 3.8) is 0 Å². The van der Waals surface area contributed by atoms with Crippen LogP contribution < -0.4 is 10.6 Å². The Morgan fingerprint density at radius 1 is 1.26 bits per heavy atom. The lowest BCUT2D eigenvalue weighted by Crippen LogP contribution is -2.30. The van der Waals surface area contributed by atoms with Crippen molar-refractivity contribution in [3.8, 4) is 11.4 Å². The number of benzene rings is 1. The molecule has 0 aliphatic carbocycles. The number of amides is 2. The maximum Gasteiger partial charge on any atom is 0.321 e. The summed E-state index contributed by atoms with van der Waals surface area (Å²) in [6, 6.07) is 11.3. The van der Waals surface area contributed by atoms with Crippen LogP contribution in [0.4, 0.5) is 9.93 Å². The lowest BCUT2D eigenvalue weighted by atomic mass is 10.2. The first-order valence-electron chi connectivity index (χ1n) is 7.13. The molecule has 3 rings (SSSR count). The molecule has 23 heavy (non-hydrogen) atoms. The predicted molar refractivity (Wildman–Crippen MR) is 89.3 cm³/mol. The fourth-order valence-corrected chi connectivity index (χ4v) is 2.61. The van der Waals surface area contributed by atoms with Crippen LogP contribution in [0.25, 0.3) is 11.4 Å². The number of urea groups is 1. The molecule has 0 aliphatic rings. The SMILES string of the molecule is Cn1ccc(CCNC(=O)Nc2nc(-c3ccccc3)ns2)n1. The summed E-state index contributed by atoms with van der Waals surface area (Å²) in [5.74, 6) is 0.611. The number of nitrogens with zero attached hydrogens (tertiary/aromatic N) is 4. The molecule has 0 saturated heterocycles. The molecule has 7 nitrogen and oxygen atoms in total. The topological polar surface area (TPSA) is 84.7 Å². The van der Waals surface area contributed by atoms with Crippen molar-refractivity contribution in [3.05, 3.63) is 48.3 Å². The van der Waals surface area contributed by atoms with Gasteiger partial charge in [-0.15, -0.1) is 0 Å². The van der Waals surface area contributed by atoms with Crippen LogP contribution >= 0.6 is 11.5 Å². The van der Waals surface area contributed by atoms with Crippen LogP contribution in [0, 0.1) is 0 Å². The van der Waals surface area contributed by atoms with E-state index in [2.05, 4.69) is 25.1 Å². The summed E-state index contributed by atoms with van der Waals surface area (Å²) >= 11 is 1.16. The van der Waals surface area contributed by atoms with E-state index in [1.165, 1.54) is 0 Å². The summed E-state index contributed by atoms with van der Waals surface area (Å²) in [7, 11) is 1.86. The van der Waals surface area contributed by atoms with E-state index < -0.39 is 0 Å². The highest BCUT2D eigenvalue weighted by Crippen LogP contribution is 2.20. The summed E-state index contributed by atoms with van der Waals surface area (Å²) in [6.45, 7) is 0.507. The smallest absolute Gasteiger partial charge is 0.321 e. The molecule has 3 aromatic rings. The monoisotopic (exact) mass is 328 g/mol. The summed E-state index contributed by atoms with van der Waals surface area (Å²) < 4.78 is 5.98. The van der Waals surface area contributed by atoms with E-state index in [0.29, 0.717) is 23.9 Å². The molecule has 0 aliphatic heterocycles. The highest BCUT2D eigenvalue weighted by Gasteiger charge is 2.09. The number of carbonyl (C=O) groups is 1. The first kappa shape index (κ1) is 15.2. The Labute approximate surface area is 137 Å². The van der Waals surface area contributed by atoms with Gasteiger partial charge in [0, 0.05) is 43.3 Å². The normalized spacial score (nSPS) is 10.5. The van der Waals surface area contributed by atoms with Crippen LogP contribution in [0.3, 0.4) is 0 Å². The fraction of sp³-hybridized carbons (Fsp3) is 0.200. The van der Waals surface area contributed by atoms with Gasteiger partial charge in [0.25, 0.3) is 0 Å². The van der Waals surface area contributed by atoms with Gasteiger partial charge in [0.05, 0.1) is 5.69 Å². The van der Waals surface area contributed by atoms with Gasteiger partial charge < -0.3 is 5.32 Å². The number of aromatic nitrogens is 4. The number of aryl methyl sites for hydroxylation is 1. The molecule has 2 N–H and O–H groups in total. The fourth-order valence-electron chi connectivity index (χ4n) is 2.02. The number of hydrogen-bond acceptors (Lipinski definition) is 5. The van der Waals surface area contributed by atoms with Crippen molar-refractivity contribution in [1.29, 1.82) is 0 Å². The number of rotatable bonds is 5. The summed E-state index contributed by atoms with van der Waals surface area (Å²) in [5.41, 5.74) is 1.86. The predicted octanol–water partition coefficient (Wildman–Crippen LogP) is 2.30. The van der Waals surface area contributed by atoms with Crippen LogP contribution in [0.1, 0.15) is 5.69 Å². The Morgan fingerprint density at radius 3 is 2.83 bits per heavy atom. The van der Waals surface area contributed by atoms with Gasteiger partial charge in [-0.3, -0.25) is 10.00 Å². The van der Waals surface area contributed by atoms with Crippen LogP contribution in [0.15, 0.2) is 42.6 Å². The van der Waals surface area contributed by atoms with Crippen molar-refractivity contribution in [2.45, 2.75) is 6.42 Å². The Hall–Kier alpha value is -2.74. The average molecular weight is 328 g/mol. The number of anilines is 1. The summed E-state index contributed by atoms with van der Waals surface area (Å²) in [6.07, 6.45) is 2.56. The third-order valence-electron chi connectivity index (χ3n) is 3.11. The van der Waals surface area contributed by atoms with Gasteiger partial charge in [0.2, 0.25) is 5.13 Å². The molecule has 0 unspecified atom stereocenters. The van der Waals surface area contributed by atoms with E-state index >= 15 is 0 Å². The molecule has 2 amide bonds. The van der Waals surface area contributed by atoms with Gasteiger partial charge in [-0.2, -0.15) is 14.5 Å². The van der Waals surface area contributed by atoms with Crippen molar-refractivity contribution in [2.75, 3.05) is 11.9 Å². The largest absolute Gasteiger partial charge is 0.337 e. The molecular formula is C15H16N6OS. The van der Waals surface area contributed by atoms with Gasteiger partial charge in [-0.25, -0.2) is 4.79 Å². The zero-order valence-corrected chi connectivity index (χ0v) is 13.4. The summed E-state index contributed by atoms with van der Waals surface area (Å²) in [5, 5.41) is 10.2. The van der Waals surface area contributed by atoms with Crippen molar-refractivity contribution in [2.24, 2.45) is 7.05 Å². The van der Waals surface area contributed by atoms with E-state index in [-0.39, 0.29) is 6.03 Å². The van der Waals surface area contributed by atoms with Crippen LogP contribution in [-0.4, -0.2) is 31.7 Å². The minimum atomic E-state index is -0.295. The molecule has 118 valence electrons. The maximum atomic E-state index is 11.8. The van der Waals surface area contributed by atoms with Gasteiger partial charge in [-0.05, 0) is 6.07 Å². The second-order valence-corrected chi connectivity index (χ2v) is 5.65. The molecule has 1 aromatic carbocycles. The Balaban J connectivity index is 1.49. The molecule has 2 heterocycles. The Kier molecular flexibility index (Phi) is 4.62. The molecular weight excluding hydrogens is 312 g/mol. The van der Waals surface area contributed by atoms with E-state index in [4.69, 9.17) is 0 Å². The van der Waals surface area contributed by atoms with Crippen molar-refractivity contribution >= 4 is 22.7 Å². The second kappa shape index (κ2) is 7.01. The quantitative estimate of drug-likeness (QED) is 0.752. The van der Waals surface area contributed by atoms with E-state index in [1.54, 1.807) is 4.68 Å². The molecule has 8 heteroatoms. The van der Waals surface area contributed by atoms with Crippen LogP contribution in [-0.2, 0) is 13.5 Å². The van der Waals surface area contributed by atoms with E-state index in [9.17, 15) is 4.79 Å². The van der Waals surface area contributed by atoms with Gasteiger partial charge >= 0.3 is 6.03 Å². The minimum Gasteiger partial charge on any atom is -0.337 e. The lowest BCUT2D eigenvalue weighted by Gasteiger charge is -2.03. The third kappa shape index (κ3) is 4.13. The van der Waals surface area contributed by atoms with Crippen molar-refractivity contribution < 1.29 is 4.79 Å². The highest BCUT2D eigenvalue weighted by molar-refractivity contribution is 7.10. The number of nitrogens with one attached hydrogen (secondary N) is 2. The first-order valence-corrected chi connectivity index (χ1v) is 7.90. The molecule has 0 fully saturated rings. The molecule has 0 atom stereocenters.